The van der Waals surface area contributed by atoms with E-state index < -0.39 is 0 Å². The summed E-state index contributed by atoms with van der Waals surface area (Å²) in [5.41, 5.74) is 1.18. The third-order valence-electron chi connectivity index (χ3n) is 4.95. The molecule has 0 spiro atoms. The summed E-state index contributed by atoms with van der Waals surface area (Å²) in [5, 5.41) is 13.9. The smallest absolute Gasteiger partial charge is 0.233 e. The van der Waals surface area contributed by atoms with Crippen LogP contribution in [0.5, 0.6) is 0 Å². The molecule has 1 saturated heterocycles. The SMILES string of the molecule is CN(Cc1ccsc1)C(=O)CSc1nnc(N2CCCCC2)n1C1CC1. The average molecular weight is 392 g/mol. The van der Waals surface area contributed by atoms with Crippen LogP contribution in [0.4, 0.5) is 5.95 Å². The second-order valence-electron chi connectivity index (χ2n) is 7.10. The number of thiophene rings is 1. The van der Waals surface area contributed by atoms with E-state index in [4.69, 9.17) is 0 Å². The molecule has 2 aromatic rings. The highest BCUT2D eigenvalue weighted by Crippen LogP contribution is 2.41. The Kier molecular flexibility index (Phi) is 5.49. The van der Waals surface area contributed by atoms with E-state index in [0.717, 1.165) is 24.2 Å². The molecule has 0 unspecified atom stereocenters. The fraction of sp³-hybridized carbons (Fsp3) is 0.611. The van der Waals surface area contributed by atoms with Gasteiger partial charge in [-0.3, -0.25) is 9.36 Å². The zero-order valence-electron chi connectivity index (χ0n) is 15.1. The first kappa shape index (κ1) is 17.9. The summed E-state index contributed by atoms with van der Waals surface area (Å²) in [4.78, 5) is 16.6. The van der Waals surface area contributed by atoms with Crippen molar-refractivity contribution in [2.75, 3.05) is 30.8 Å². The number of rotatable bonds is 7. The van der Waals surface area contributed by atoms with Crippen LogP contribution in [0.25, 0.3) is 0 Å². The Morgan fingerprint density at radius 1 is 1.31 bits per heavy atom. The molecule has 0 aromatic carbocycles. The molecule has 1 aliphatic heterocycles. The van der Waals surface area contributed by atoms with Crippen LogP contribution in [0.2, 0.25) is 0 Å². The number of amides is 1. The second-order valence-corrected chi connectivity index (χ2v) is 8.82. The summed E-state index contributed by atoms with van der Waals surface area (Å²) >= 11 is 3.19. The summed E-state index contributed by atoms with van der Waals surface area (Å²) < 4.78 is 2.28. The highest BCUT2D eigenvalue weighted by Gasteiger charge is 2.32. The molecule has 4 rings (SSSR count). The van der Waals surface area contributed by atoms with Crippen molar-refractivity contribution in [1.82, 2.24) is 19.7 Å². The van der Waals surface area contributed by atoms with Crippen LogP contribution in [0.15, 0.2) is 22.0 Å². The van der Waals surface area contributed by atoms with Crippen molar-refractivity contribution in [3.05, 3.63) is 22.4 Å². The van der Waals surface area contributed by atoms with Crippen LogP contribution in [0.1, 0.15) is 43.7 Å². The third kappa shape index (κ3) is 4.06. The molecule has 140 valence electrons. The lowest BCUT2D eigenvalue weighted by atomic mass is 10.1. The molecule has 1 aliphatic carbocycles. The molecule has 3 heterocycles. The maximum Gasteiger partial charge on any atom is 0.233 e. The zero-order chi connectivity index (χ0) is 17.9. The molecule has 6 nitrogen and oxygen atoms in total. The Labute approximate surface area is 162 Å². The van der Waals surface area contributed by atoms with E-state index in [1.165, 1.54) is 49.4 Å². The number of hydrogen-bond acceptors (Lipinski definition) is 6. The molecule has 1 saturated carbocycles. The average Bonchev–Trinajstić information content (AvgIpc) is 3.20. The van der Waals surface area contributed by atoms with Gasteiger partial charge in [-0.15, -0.1) is 10.2 Å². The molecule has 26 heavy (non-hydrogen) atoms. The van der Waals surface area contributed by atoms with E-state index >= 15 is 0 Å². The lowest BCUT2D eigenvalue weighted by Crippen LogP contribution is -2.32. The van der Waals surface area contributed by atoms with Crippen LogP contribution < -0.4 is 4.90 Å². The second kappa shape index (κ2) is 8.00. The van der Waals surface area contributed by atoms with Crippen LogP contribution in [0.3, 0.4) is 0 Å². The first-order valence-electron chi connectivity index (χ1n) is 9.30. The number of anilines is 1. The molecular weight excluding hydrogens is 366 g/mol. The van der Waals surface area contributed by atoms with Crippen LogP contribution >= 0.6 is 23.1 Å². The first-order chi connectivity index (χ1) is 12.7. The molecule has 2 fully saturated rings. The molecule has 2 aromatic heterocycles. The minimum Gasteiger partial charge on any atom is -0.341 e. The fourth-order valence-corrected chi connectivity index (χ4v) is 4.91. The van der Waals surface area contributed by atoms with Crippen LogP contribution in [0, 0.1) is 0 Å². The zero-order valence-corrected chi connectivity index (χ0v) is 16.8. The van der Waals surface area contributed by atoms with Crippen molar-refractivity contribution in [2.45, 2.75) is 49.8 Å². The highest BCUT2D eigenvalue weighted by molar-refractivity contribution is 7.99. The molecule has 0 bridgehead atoms. The van der Waals surface area contributed by atoms with Crippen LogP contribution in [-0.2, 0) is 11.3 Å². The van der Waals surface area contributed by atoms with E-state index in [9.17, 15) is 4.79 Å². The molecule has 8 heteroatoms. The summed E-state index contributed by atoms with van der Waals surface area (Å²) in [7, 11) is 1.87. The van der Waals surface area contributed by atoms with Crippen molar-refractivity contribution in [1.29, 1.82) is 0 Å². The lowest BCUT2D eigenvalue weighted by molar-refractivity contribution is -0.127. The molecule has 2 aliphatic rings. The molecule has 1 amide bonds. The van der Waals surface area contributed by atoms with Gasteiger partial charge in [-0.1, -0.05) is 11.8 Å². The first-order valence-corrected chi connectivity index (χ1v) is 11.2. The monoisotopic (exact) mass is 391 g/mol. The van der Waals surface area contributed by atoms with Gasteiger partial charge < -0.3 is 9.80 Å². The summed E-state index contributed by atoms with van der Waals surface area (Å²) in [6, 6.07) is 2.58. The Hall–Kier alpha value is -1.54. The van der Waals surface area contributed by atoms with Crippen molar-refractivity contribution in [2.24, 2.45) is 0 Å². The van der Waals surface area contributed by atoms with E-state index in [2.05, 4.69) is 31.1 Å². The van der Waals surface area contributed by atoms with Crippen molar-refractivity contribution < 1.29 is 4.79 Å². The van der Waals surface area contributed by atoms with Crippen LogP contribution in [-0.4, -0.2) is 51.5 Å². The Morgan fingerprint density at radius 3 is 2.81 bits per heavy atom. The number of nitrogens with zero attached hydrogens (tertiary/aromatic N) is 5. The maximum atomic E-state index is 12.5. The Bertz CT molecular complexity index is 735. The predicted molar refractivity (Wildman–Crippen MR) is 106 cm³/mol. The number of carbonyl (C=O) groups is 1. The number of aromatic nitrogens is 3. The van der Waals surface area contributed by atoms with E-state index in [-0.39, 0.29) is 5.91 Å². The number of piperidine rings is 1. The topological polar surface area (TPSA) is 54.3 Å². The predicted octanol–water partition coefficient (Wildman–Crippen LogP) is 3.42. The normalized spacial score (nSPS) is 17.5. The maximum absolute atomic E-state index is 12.5. The summed E-state index contributed by atoms with van der Waals surface area (Å²) in [6.45, 7) is 2.80. The van der Waals surface area contributed by atoms with E-state index in [0.29, 0.717) is 18.3 Å². The van der Waals surface area contributed by atoms with Gasteiger partial charge in [0.25, 0.3) is 0 Å². The van der Waals surface area contributed by atoms with Gasteiger partial charge in [0.05, 0.1) is 5.75 Å². The molecule has 0 atom stereocenters. The van der Waals surface area contributed by atoms with Crippen molar-refractivity contribution >= 4 is 35.0 Å². The van der Waals surface area contributed by atoms with E-state index in [1.807, 2.05) is 12.4 Å². The van der Waals surface area contributed by atoms with Gasteiger partial charge in [-0.2, -0.15) is 11.3 Å². The minimum absolute atomic E-state index is 0.131. The van der Waals surface area contributed by atoms with Crippen molar-refractivity contribution in [3.8, 4) is 0 Å². The largest absolute Gasteiger partial charge is 0.341 e. The van der Waals surface area contributed by atoms with Crippen molar-refractivity contribution in [3.63, 3.8) is 0 Å². The van der Waals surface area contributed by atoms with Gasteiger partial charge in [0.1, 0.15) is 0 Å². The quantitative estimate of drug-likeness (QED) is 0.677. The van der Waals surface area contributed by atoms with Gasteiger partial charge in [-0.05, 0) is 54.5 Å². The summed E-state index contributed by atoms with van der Waals surface area (Å²) in [5.74, 6) is 1.55. The Balaban J connectivity index is 1.40. The standard InChI is InChI=1S/C18H25N5OS2/c1-21(11-14-7-10-25-12-14)16(24)13-26-18-20-19-17(23(18)15-5-6-15)22-8-3-2-4-9-22/h7,10,12,15H,2-6,8-9,11,13H2,1H3. The minimum atomic E-state index is 0.131. The highest BCUT2D eigenvalue weighted by atomic mass is 32.2. The van der Waals surface area contributed by atoms with Gasteiger partial charge in [0.2, 0.25) is 11.9 Å². The van der Waals surface area contributed by atoms with Gasteiger partial charge in [0.15, 0.2) is 5.16 Å². The van der Waals surface area contributed by atoms with Gasteiger partial charge in [0, 0.05) is 32.7 Å². The molecule has 0 N–H and O–H groups in total. The Morgan fingerprint density at radius 2 is 2.12 bits per heavy atom. The number of hydrogen-bond donors (Lipinski definition) is 0. The lowest BCUT2D eigenvalue weighted by Gasteiger charge is -2.27. The van der Waals surface area contributed by atoms with E-state index in [1.54, 1.807) is 16.2 Å². The fourth-order valence-electron chi connectivity index (χ4n) is 3.31. The number of carbonyl (C=O) groups excluding carboxylic acids is 1. The molecule has 0 radical (unpaired) electrons. The number of thioether (sulfide) groups is 1. The third-order valence-corrected chi connectivity index (χ3v) is 6.61. The summed E-state index contributed by atoms with van der Waals surface area (Å²) in [6.07, 6.45) is 6.15. The molecular formula is C18H25N5OS2. The van der Waals surface area contributed by atoms with Gasteiger partial charge in [-0.25, -0.2) is 0 Å². The van der Waals surface area contributed by atoms with Gasteiger partial charge >= 0.3 is 0 Å².